The molecule has 0 aliphatic heterocycles. The van der Waals surface area contributed by atoms with E-state index < -0.39 is 6.10 Å². The van der Waals surface area contributed by atoms with Crippen LogP contribution in [-0.4, -0.2) is 40.3 Å². The van der Waals surface area contributed by atoms with Gasteiger partial charge < -0.3 is 9.84 Å². The molecule has 0 spiro atoms. The molecule has 23 heavy (non-hydrogen) atoms. The van der Waals surface area contributed by atoms with Gasteiger partial charge >= 0.3 is 0 Å². The number of benzene rings is 1. The maximum Gasteiger partial charge on any atom is 0.122 e. The van der Waals surface area contributed by atoms with Crippen molar-refractivity contribution in [1.29, 1.82) is 0 Å². The predicted molar refractivity (Wildman–Crippen MR) is 90.3 cm³/mol. The third kappa shape index (κ3) is 4.78. The van der Waals surface area contributed by atoms with Gasteiger partial charge in [-0.05, 0) is 49.1 Å². The Balaban J connectivity index is 1.52. The number of aliphatic hydroxyl groups excluding tert-OH is 1. The Bertz CT molecular complexity index is 614. The van der Waals surface area contributed by atoms with Crippen molar-refractivity contribution < 1.29 is 9.84 Å². The molecule has 2 aromatic rings. The molecule has 0 bridgehead atoms. The Labute approximate surface area is 137 Å². The number of aromatic nitrogens is 1. The zero-order chi connectivity index (χ0) is 16.1. The van der Waals surface area contributed by atoms with Gasteiger partial charge in [-0.1, -0.05) is 18.2 Å². The van der Waals surface area contributed by atoms with E-state index in [-0.39, 0.29) is 0 Å². The van der Waals surface area contributed by atoms with Crippen LogP contribution in [0.1, 0.15) is 24.0 Å². The maximum absolute atomic E-state index is 10.3. The van der Waals surface area contributed by atoms with E-state index in [0.717, 1.165) is 17.9 Å². The van der Waals surface area contributed by atoms with Crippen LogP contribution in [0.5, 0.6) is 5.75 Å². The van der Waals surface area contributed by atoms with Crippen LogP contribution in [0.15, 0.2) is 48.8 Å². The summed E-state index contributed by atoms with van der Waals surface area (Å²) in [5, 5.41) is 10.3. The molecule has 3 rings (SSSR count). The fourth-order valence-corrected chi connectivity index (χ4v) is 2.73. The molecule has 0 saturated heterocycles. The fourth-order valence-electron chi connectivity index (χ4n) is 2.73. The van der Waals surface area contributed by atoms with E-state index in [1.165, 1.54) is 18.4 Å². The quantitative estimate of drug-likeness (QED) is 0.814. The first-order valence-electron chi connectivity index (χ1n) is 8.22. The van der Waals surface area contributed by atoms with Crippen molar-refractivity contribution >= 4 is 0 Å². The number of hydrogen-bond acceptors (Lipinski definition) is 4. The summed E-state index contributed by atoms with van der Waals surface area (Å²) in [7, 11) is 0. The van der Waals surface area contributed by atoms with Crippen molar-refractivity contribution in [2.24, 2.45) is 0 Å². The highest BCUT2D eigenvalue weighted by Gasteiger charge is 2.30. The smallest absolute Gasteiger partial charge is 0.122 e. The summed E-state index contributed by atoms with van der Waals surface area (Å²) in [5.41, 5.74) is 2.33. The van der Waals surface area contributed by atoms with E-state index in [1.54, 1.807) is 0 Å². The lowest BCUT2D eigenvalue weighted by Crippen LogP contribution is -2.36. The Kier molecular flexibility index (Phi) is 5.26. The first-order valence-corrected chi connectivity index (χ1v) is 8.22. The van der Waals surface area contributed by atoms with Gasteiger partial charge in [-0.15, -0.1) is 0 Å². The second kappa shape index (κ2) is 7.57. The number of hydrogen-bond donors (Lipinski definition) is 1. The summed E-state index contributed by atoms with van der Waals surface area (Å²) in [6, 6.07) is 12.6. The standard InChI is InChI=1S/C19H24N2O2/c1-15-4-2-3-5-19(15)23-14-18(22)13-21(17-6-7-17)12-16-8-10-20-11-9-16/h2-5,8-11,17-18,22H,6-7,12-14H2,1H3. The molecule has 0 radical (unpaired) electrons. The van der Waals surface area contributed by atoms with Gasteiger partial charge in [0.2, 0.25) is 0 Å². The van der Waals surface area contributed by atoms with Gasteiger partial charge in [-0.2, -0.15) is 0 Å². The molecule has 1 aromatic carbocycles. The van der Waals surface area contributed by atoms with Crippen LogP contribution >= 0.6 is 0 Å². The SMILES string of the molecule is Cc1ccccc1OCC(O)CN(Cc1ccncc1)C1CC1. The van der Waals surface area contributed by atoms with Gasteiger partial charge in [-0.3, -0.25) is 9.88 Å². The molecule has 1 N–H and O–H groups in total. The van der Waals surface area contributed by atoms with Crippen LogP contribution in [0, 0.1) is 6.92 Å². The third-order valence-corrected chi connectivity index (χ3v) is 4.17. The lowest BCUT2D eigenvalue weighted by Gasteiger charge is -2.25. The van der Waals surface area contributed by atoms with Crippen molar-refractivity contribution in [3.63, 3.8) is 0 Å². The summed E-state index contributed by atoms with van der Waals surface area (Å²) in [6.45, 7) is 3.83. The van der Waals surface area contributed by atoms with Gasteiger partial charge in [0.25, 0.3) is 0 Å². The molecule has 1 unspecified atom stereocenters. The van der Waals surface area contributed by atoms with E-state index in [0.29, 0.717) is 19.2 Å². The van der Waals surface area contributed by atoms with E-state index >= 15 is 0 Å². The van der Waals surface area contributed by atoms with Crippen LogP contribution in [-0.2, 0) is 6.54 Å². The summed E-state index contributed by atoms with van der Waals surface area (Å²) in [5.74, 6) is 0.846. The average Bonchev–Trinajstić information content (AvgIpc) is 3.39. The zero-order valence-electron chi connectivity index (χ0n) is 13.6. The first-order chi connectivity index (χ1) is 11.2. The van der Waals surface area contributed by atoms with Gasteiger partial charge in [0.05, 0.1) is 0 Å². The third-order valence-electron chi connectivity index (χ3n) is 4.17. The molecule has 1 fully saturated rings. The zero-order valence-corrected chi connectivity index (χ0v) is 13.6. The van der Waals surface area contributed by atoms with Gasteiger partial charge in [0, 0.05) is 31.5 Å². The van der Waals surface area contributed by atoms with E-state index in [4.69, 9.17) is 4.74 Å². The van der Waals surface area contributed by atoms with E-state index in [9.17, 15) is 5.11 Å². The molecular weight excluding hydrogens is 288 g/mol. The number of rotatable bonds is 8. The number of aryl methyl sites for hydroxylation is 1. The molecule has 0 amide bonds. The molecule has 1 aromatic heterocycles. The van der Waals surface area contributed by atoms with Gasteiger partial charge in [0.15, 0.2) is 0 Å². The average molecular weight is 312 g/mol. The second-order valence-corrected chi connectivity index (χ2v) is 6.25. The Morgan fingerprint density at radius 2 is 1.96 bits per heavy atom. The topological polar surface area (TPSA) is 45.6 Å². The minimum atomic E-state index is -0.489. The normalized spacial score (nSPS) is 15.6. The molecule has 1 aliphatic rings. The van der Waals surface area contributed by atoms with E-state index in [1.807, 2.05) is 55.7 Å². The highest BCUT2D eigenvalue weighted by atomic mass is 16.5. The Morgan fingerprint density at radius 1 is 1.22 bits per heavy atom. The molecule has 122 valence electrons. The minimum absolute atomic E-state index is 0.324. The van der Waals surface area contributed by atoms with Crippen molar-refractivity contribution in [3.8, 4) is 5.75 Å². The summed E-state index contributed by atoms with van der Waals surface area (Å²) < 4.78 is 5.76. The largest absolute Gasteiger partial charge is 0.491 e. The number of nitrogens with zero attached hydrogens (tertiary/aromatic N) is 2. The number of para-hydroxylation sites is 1. The monoisotopic (exact) mass is 312 g/mol. The van der Waals surface area contributed by atoms with Crippen LogP contribution in [0.4, 0.5) is 0 Å². The number of aliphatic hydroxyl groups is 1. The molecule has 4 nitrogen and oxygen atoms in total. The fraction of sp³-hybridized carbons (Fsp3) is 0.421. The predicted octanol–water partition coefficient (Wildman–Crippen LogP) is 2.79. The van der Waals surface area contributed by atoms with Crippen molar-refractivity contribution in [3.05, 3.63) is 59.9 Å². The lowest BCUT2D eigenvalue weighted by atomic mass is 10.2. The second-order valence-electron chi connectivity index (χ2n) is 6.25. The number of ether oxygens (including phenoxy) is 1. The van der Waals surface area contributed by atoms with Crippen LogP contribution in [0.3, 0.4) is 0 Å². The number of pyridine rings is 1. The molecule has 1 saturated carbocycles. The molecule has 1 atom stereocenters. The highest BCUT2D eigenvalue weighted by Crippen LogP contribution is 2.28. The molecular formula is C19H24N2O2. The van der Waals surface area contributed by atoms with Gasteiger partial charge in [-0.25, -0.2) is 0 Å². The molecule has 4 heteroatoms. The molecule has 1 aliphatic carbocycles. The van der Waals surface area contributed by atoms with Crippen molar-refractivity contribution in [2.45, 2.75) is 38.5 Å². The Hall–Kier alpha value is -1.91. The van der Waals surface area contributed by atoms with Crippen molar-refractivity contribution in [2.75, 3.05) is 13.2 Å². The van der Waals surface area contributed by atoms with E-state index in [2.05, 4.69) is 9.88 Å². The minimum Gasteiger partial charge on any atom is -0.491 e. The van der Waals surface area contributed by atoms with Crippen LogP contribution in [0.25, 0.3) is 0 Å². The maximum atomic E-state index is 10.3. The van der Waals surface area contributed by atoms with Crippen LogP contribution in [0.2, 0.25) is 0 Å². The lowest BCUT2D eigenvalue weighted by molar-refractivity contribution is 0.0624. The van der Waals surface area contributed by atoms with Gasteiger partial charge in [0.1, 0.15) is 18.5 Å². The Morgan fingerprint density at radius 3 is 2.65 bits per heavy atom. The first kappa shape index (κ1) is 16.0. The summed E-state index contributed by atoms with van der Waals surface area (Å²) in [6.07, 6.45) is 5.58. The van der Waals surface area contributed by atoms with Crippen molar-refractivity contribution in [1.82, 2.24) is 9.88 Å². The van der Waals surface area contributed by atoms with Crippen LogP contribution < -0.4 is 4.74 Å². The summed E-state index contributed by atoms with van der Waals surface area (Å²) >= 11 is 0. The highest BCUT2D eigenvalue weighted by molar-refractivity contribution is 5.31. The summed E-state index contributed by atoms with van der Waals surface area (Å²) in [4.78, 5) is 6.41. The molecule has 1 heterocycles.